The zero-order valence-corrected chi connectivity index (χ0v) is 19.1. The van der Waals surface area contributed by atoms with Crippen LogP contribution in [0.3, 0.4) is 0 Å². The topological polar surface area (TPSA) is 105 Å². The highest BCUT2D eigenvalue weighted by atomic mass is 79.9. The van der Waals surface area contributed by atoms with Gasteiger partial charge in [-0.2, -0.15) is 31.4 Å². The Balaban J connectivity index is 2.16. The molecule has 0 aliphatic rings. The van der Waals surface area contributed by atoms with E-state index in [2.05, 4.69) is 21.0 Å². The number of hydrogen-bond acceptors (Lipinski definition) is 7. The number of carbonyl (C=O) groups excluding carboxylic acids is 1. The van der Waals surface area contributed by atoms with Crippen LogP contribution in [-0.4, -0.2) is 30.8 Å². The van der Waals surface area contributed by atoms with Crippen molar-refractivity contribution in [3.05, 3.63) is 80.7 Å². The van der Waals surface area contributed by atoms with Gasteiger partial charge >= 0.3 is 22.3 Å². The van der Waals surface area contributed by atoms with Gasteiger partial charge in [-0.3, -0.25) is 4.79 Å². The Kier molecular flexibility index (Phi) is 6.93. The summed E-state index contributed by atoms with van der Waals surface area (Å²) in [6, 6.07) is 10.2. The van der Waals surface area contributed by atoms with Gasteiger partial charge in [0, 0.05) is 4.47 Å². The smallest absolute Gasteiger partial charge is 0.417 e. The largest absolute Gasteiger partial charge is 0.461 e. The van der Waals surface area contributed by atoms with E-state index in [0.717, 1.165) is 16.8 Å². The van der Waals surface area contributed by atoms with Crippen LogP contribution >= 0.6 is 15.9 Å². The minimum Gasteiger partial charge on any atom is -0.461 e. The molecular weight excluding hydrogens is 533 g/mol. The van der Waals surface area contributed by atoms with Crippen molar-refractivity contribution in [1.29, 1.82) is 0 Å². The Labute approximate surface area is 193 Å². The van der Waals surface area contributed by atoms with Gasteiger partial charge in [-0.15, -0.1) is 0 Å². The molecule has 3 rings (SSSR count). The Bertz CT molecular complexity index is 1370. The highest BCUT2D eigenvalue weighted by Gasteiger charge is 2.38. The fourth-order valence-electron chi connectivity index (χ4n) is 2.72. The first-order valence-corrected chi connectivity index (χ1v) is 11.3. The molecule has 0 aliphatic heterocycles. The van der Waals surface area contributed by atoms with Crippen molar-refractivity contribution in [3.8, 4) is 11.4 Å². The summed E-state index contributed by atoms with van der Waals surface area (Å²) in [5.74, 6) is -2.02. The summed E-state index contributed by atoms with van der Waals surface area (Å²) in [6.45, 7) is 1.35. The molecule has 0 saturated heterocycles. The molecule has 8 nitrogen and oxygen atoms in total. The molecule has 0 aliphatic carbocycles. The van der Waals surface area contributed by atoms with Crippen LogP contribution in [0, 0.1) is 0 Å². The number of carbonyl (C=O) groups is 1. The number of alkyl halides is 3. The van der Waals surface area contributed by atoms with Crippen molar-refractivity contribution in [1.82, 2.24) is 9.78 Å². The van der Waals surface area contributed by atoms with E-state index in [1.54, 1.807) is 12.1 Å². The van der Waals surface area contributed by atoms with E-state index < -0.39 is 49.7 Å². The SMILES string of the molecule is CCOC(=O)c1nn(-c2cccc(Br)c2)c(=O)cc1OS(=O)(=O)c1ccccc1C(F)(F)F. The standard InChI is InChI=1S/C20H14BrF3N2O6S/c1-2-31-19(28)18-15(11-17(27)26(25-18)13-7-5-6-12(21)10-13)32-33(29,30)16-9-4-3-8-14(16)20(22,23)24/h3-11H,2H2,1H3. The Hall–Kier alpha value is -3.19. The molecule has 0 atom stereocenters. The van der Waals surface area contributed by atoms with Gasteiger partial charge in [0.1, 0.15) is 4.90 Å². The lowest BCUT2D eigenvalue weighted by Gasteiger charge is -2.15. The third kappa shape index (κ3) is 5.42. The van der Waals surface area contributed by atoms with Crippen LogP contribution in [0.15, 0.2) is 68.8 Å². The molecule has 0 amide bonds. The van der Waals surface area contributed by atoms with E-state index in [4.69, 9.17) is 8.92 Å². The third-order valence-corrected chi connectivity index (χ3v) is 5.87. The highest BCUT2D eigenvalue weighted by molar-refractivity contribution is 9.10. The molecule has 13 heteroatoms. The molecule has 0 spiro atoms. The Morgan fingerprint density at radius 2 is 1.82 bits per heavy atom. The number of esters is 1. The molecule has 0 saturated carbocycles. The van der Waals surface area contributed by atoms with Crippen molar-refractivity contribution < 1.29 is 35.3 Å². The van der Waals surface area contributed by atoms with Crippen molar-refractivity contribution in [2.24, 2.45) is 0 Å². The molecule has 0 bridgehead atoms. The quantitative estimate of drug-likeness (QED) is 0.340. The van der Waals surface area contributed by atoms with E-state index in [1.807, 2.05) is 0 Å². The van der Waals surface area contributed by atoms with Crippen LogP contribution < -0.4 is 9.74 Å². The highest BCUT2D eigenvalue weighted by Crippen LogP contribution is 2.35. The zero-order chi connectivity index (χ0) is 24.4. The van der Waals surface area contributed by atoms with Crippen molar-refractivity contribution in [3.63, 3.8) is 0 Å². The second-order valence-electron chi connectivity index (χ2n) is 6.34. The van der Waals surface area contributed by atoms with Crippen LogP contribution in [-0.2, 0) is 21.0 Å². The molecular formula is C20H14BrF3N2O6S. The summed E-state index contributed by atoms with van der Waals surface area (Å²) in [6.07, 6.45) is -5.00. The van der Waals surface area contributed by atoms with E-state index in [1.165, 1.54) is 19.1 Å². The molecule has 2 aromatic carbocycles. The number of aromatic nitrogens is 2. The van der Waals surface area contributed by atoms with Crippen molar-refractivity contribution in [2.45, 2.75) is 18.0 Å². The van der Waals surface area contributed by atoms with Gasteiger partial charge in [0.2, 0.25) is 5.69 Å². The first-order chi connectivity index (χ1) is 15.4. The molecule has 1 aromatic heterocycles. The number of nitrogens with zero attached hydrogens (tertiary/aromatic N) is 2. The van der Waals surface area contributed by atoms with E-state index >= 15 is 0 Å². The summed E-state index contributed by atoms with van der Waals surface area (Å²) in [5, 5.41) is 3.85. The summed E-state index contributed by atoms with van der Waals surface area (Å²) in [4.78, 5) is 23.8. The first-order valence-electron chi connectivity index (χ1n) is 9.12. The van der Waals surface area contributed by atoms with E-state index in [9.17, 15) is 31.2 Å². The molecule has 33 heavy (non-hydrogen) atoms. The number of rotatable bonds is 6. The lowest BCUT2D eigenvalue weighted by Crippen LogP contribution is -2.26. The molecule has 0 unspecified atom stereocenters. The van der Waals surface area contributed by atoms with Gasteiger partial charge in [-0.1, -0.05) is 34.1 Å². The number of hydrogen-bond donors (Lipinski definition) is 0. The zero-order valence-electron chi connectivity index (χ0n) is 16.7. The Morgan fingerprint density at radius 3 is 2.45 bits per heavy atom. The minimum atomic E-state index is -5.12. The summed E-state index contributed by atoms with van der Waals surface area (Å²) in [7, 11) is -5.12. The van der Waals surface area contributed by atoms with Crippen LogP contribution in [0.25, 0.3) is 5.69 Å². The summed E-state index contributed by atoms with van der Waals surface area (Å²) in [5.41, 5.74) is -2.88. The fraction of sp³-hybridized carbons (Fsp3) is 0.150. The Morgan fingerprint density at radius 1 is 1.12 bits per heavy atom. The van der Waals surface area contributed by atoms with Gasteiger partial charge in [0.15, 0.2) is 5.75 Å². The van der Waals surface area contributed by atoms with Crippen molar-refractivity contribution >= 4 is 32.0 Å². The molecule has 0 radical (unpaired) electrons. The van der Waals surface area contributed by atoms with Crippen LogP contribution in [0.2, 0.25) is 0 Å². The van der Waals surface area contributed by atoms with Gasteiger partial charge in [0.05, 0.1) is 23.9 Å². The number of benzene rings is 2. The maximum Gasteiger partial charge on any atom is 0.417 e. The van der Waals surface area contributed by atoms with Crippen LogP contribution in [0.1, 0.15) is 23.0 Å². The van der Waals surface area contributed by atoms with Gasteiger partial charge in [-0.05, 0) is 37.3 Å². The maximum atomic E-state index is 13.3. The molecule has 174 valence electrons. The van der Waals surface area contributed by atoms with Gasteiger partial charge < -0.3 is 8.92 Å². The molecule has 1 heterocycles. The summed E-state index contributed by atoms with van der Waals surface area (Å²) < 4.78 is 76.3. The third-order valence-electron chi connectivity index (χ3n) is 4.08. The van der Waals surface area contributed by atoms with Crippen LogP contribution in [0.4, 0.5) is 13.2 Å². The summed E-state index contributed by atoms with van der Waals surface area (Å²) >= 11 is 3.23. The van der Waals surface area contributed by atoms with Crippen molar-refractivity contribution in [2.75, 3.05) is 6.61 Å². The fourth-order valence-corrected chi connectivity index (χ4v) is 4.26. The molecule has 3 aromatic rings. The number of ether oxygens (including phenoxy) is 1. The normalized spacial score (nSPS) is 11.8. The van der Waals surface area contributed by atoms with Crippen LogP contribution in [0.5, 0.6) is 5.75 Å². The first kappa shape index (κ1) is 24.5. The predicted molar refractivity (Wildman–Crippen MR) is 113 cm³/mol. The van der Waals surface area contributed by atoms with Gasteiger partial charge in [-0.25, -0.2) is 4.79 Å². The van der Waals surface area contributed by atoms with Gasteiger partial charge in [0.25, 0.3) is 5.56 Å². The average Bonchev–Trinajstić information content (AvgIpc) is 2.73. The molecule has 0 fully saturated rings. The van der Waals surface area contributed by atoms with E-state index in [0.29, 0.717) is 22.7 Å². The lowest BCUT2D eigenvalue weighted by molar-refractivity contribution is -0.139. The predicted octanol–water partition coefficient (Wildman–Crippen LogP) is 3.96. The lowest BCUT2D eigenvalue weighted by atomic mass is 10.2. The number of halogens is 4. The average molecular weight is 547 g/mol. The maximum absolute atomic E-state index is 13.3. The monoisotopic (exact) mass is 546 g/mol. The second kappa shape index (κ2) is 9.35. The minimum absolute atomic E-state index is 0.125. The molecule has 0 N–H and O–H groups in total. The van der Waals surface area contributed by atoms with E-state index in [-0.39, 0.29) is 12.3 Å². The second-order valence-corrected chi connectivity index (χ2v) is 8.77.